The van der Waals surface area contributed by atoms with Gasteiger partial charge in [-0.05, 0) is 25.6 Å². The molecular weight excluding hydrogens is 324 g/mol. The third-order valence-electron chi connectivity index (χ3n) is 4.63. The molecule has 8 heteroatoms. The predicted octanol–water partition coefficient (Wildman–Crippen LogP) is 1.68. The number of aryl methyl sites for hydroxylation is 1. The zero-order chi connectivity index (χ0) is 18.1. The Morgan fingerprint density at radius 1 is 1.48 bits per heavy atom. The number of fused-ring (bicyclic) bond motifs is 1. The third-order valence-corrected chi connectivity index (χ3v) is 4.63. The number of imidazole rings is 1. The summed E-state index contributed by atoms with van der Waals surface area (Å²) >= 11 is 0. The molecule has 1 aliphatic rings. The molecule has 0 amide bonds. The highest BCUT2D eigenvalue weighted by atomic mass is 16.6. The maximum absolute atomic E-state index is 12.0. The fourth-order valence-electron chi connectivity index (χ4n) is 3.25. The van der Waals surface area contributed by atoms with Gasteiger partial charge in [0.15, 0.2) is 0 Å². The number of methoxy groups -OCH3 is 1. The van der Waals surface area contributed by atoms with Crippen molar-refractivity contribution in [3.05, 3.63) is 57.2 Å². The molecular formula is C17H20N4O4. The van der Waals surface area contributed by atoms with E-state index in [2.05, 4.69) is 4.98 Å². The summed E-state index contributed by atoms with van der Waals surface area (Å²) in [6.45, 7) is 2.87. The Labute approximate surface area is 145 Å². The van der Waals surface area contributed by atoms with Gasteiger partial charge in [0.1, 0.15) is 6.04 Å². The number of rotatable bonds is 4. The lowest BCUT2D eigenvalue weighted by molar-refractivity contribution is -0.385. The Morgan fingerprint density at radius 2 is 2.24 bits per heavy atom. The van der Waals surface area contributed by atoms with Crippen molar-refractivity contribution in [2.45, 2.75) is 32.5 Å². The molecule has 25 heavy (non-hydrogen) atoms. The van der Waals surface area contributed by atoms with E-state index in [4.69, 9.17) is 4.74 Å². The minimum atomic E-state index is -0.380. The number of carbonyl (C=O) groups is 1. The zero-order valence-corrected chi connectivity index (χ0v) is 14.4. The van der Waals surface area contributed by atoms with Crippen molar-refractivity contribution in [2.75, 3.05) is 14.2 Å². The number of nitro benzene ring substituents is 1. The van der Waals surface area contributed by atoms with Crippen molar-refractivity contribution >= 4 is 11.7 Å². The number of ether oxygens (including phenoxy) is 1. The summed E-state index contributed by atoms with van der Waals surface area (Å²) in [7, 11) is 3.27. The second-order valence-electron chi connectivity index (χ2n) is 6.30. The maximum Gasteiger partial charge on any atom is 0.323 e. The molecule has 0 spiro atoms. The highest BCUT2D eigenvalue weighted by molar-refractivity contribution is 5.76. The van der Waals surface area contributed by atoms with E-state index in [-0.39, 0.29) is 22.6 Å². The highest BCUT2D eigenvalue weighted by Crippen LogP contribution is 2.24. The number of nitrogens with zero attached hydrogens (tertiary/aromatic N) is 4. The van der Waals surface area contributed by atoms with Crippen LogP contribution in [0.5, 0.6) is 0 Å². The van der Waals surface area contributed by atoms with Crippen LogP contribution in [0.1, 0.15) is 22.5 Å². The van der Waals surface area contributed by atoms with Crippen LogP contribution in [0.4, 0.5) is 5.69 Å². The summed E-state index contributed by atoms with van der Waals surface area (Å²) in [5.41, 5.74) is 3.65. The lowest BCUT2D eigenvalue weighted by atomic mass is 10.0. The summed E-state index contributed by atoms with van der Waals surface area (Å²) in [6.07, 6.45) is 2.29. The molecule has 0 saturated carbocycles. The molecule has 1 aliphatic heterocycles. The van der Waals surface area contributed by atoms with Crippen LogP contribution in [0.3, 0.4) is 0 Å². The lowest BCUT2D eigenvalue weighted by Crippen LogP contribution is -2.44. The van der Waals surface area contributed by atoms with Gasteiger partial charge in [0.2, 0.25) is 0 Å². The van der Waals surface area contributed by atoms with E-state index >= 15 is 0 Å². The molecule has 0 unspecified atom stereocenters. The van der Waals surface area contributed by atoms with Gasteiger partial charge in [0, 0.05) is 36.8 Å². The van der Waals surface area contributed by atoms with Crippen LogP contribution in [0.15, 0.2) is 24.5 Å². The summed E-state index contributed by atoms with van der Waals surface area (Å²) in [6, 6.07) is 4.77. The van der Waals surface area contributed by atoms with E-state index < -0.39 is 0 Å². The van der Waals surface area contributed by atoms with Crippen molar-refractivity contribution in [3.8, 4) is 0 Å². The summed E-state index contributed by atoms with van der Waals surface area (Å²) in [5, 5.41) is 10.9. The van der Waals surface area contributed by atoms with Gasteiger partial charge in [-0.25, -0.2) is 4.98 Å². The molecule has 0 saturated heterocycles. The largest absolute Gasteiger partial charge is 0.468 e. The first kappa shape index (κ1) is 17.1. The number of hydrogen-bond donors (Lipinski definition) is 0. The number of benzene rings is 1. The van der Waals surface area contributed by atoms with Crippen LogP contribution >= 0.6 is 0 Å². The van der Waals surface area contributed by atoms with Gasteiger partial charge >= 0.3 is 5.97 Å². The first-order valence-electron chi connectivity index (χ1n) is 7.95. The Bertz CT molecular complexity index is 830. The molecule has 0 bridgehead atoms. The normalized spacial score (nSPS) is 17.2. The van der Waals surface area contributed by atoms with Crippen LogP contribution in [0.2, 0.25) is 0 Å². The summed E-state index contributed by atoms with van der Waals surface area (Å²) in [4.78, 5) is 28.9. The van der Waals surface area contributed by atoms with Gasteiger partial charge in [0.05, 0.1) is 24.1 Å². The van der Waals surface area contributed by atoms with Crippen molar-refractivity contribution in [1.82, 2.24) is 14.5 Å². The van der Waals surface area contributed by atoms with Crippen molar-refractivity contribution < 1.29 is 14.5 Å². The van der Waals surface area contributed by atoms with Crippen LogP contribution in [0.25, 0.3) is 0 Å². The summed E-state index contributed by atoms with van der Waals surface area (Å²) in [5.74, 6) is -0.257. The number of nitro groups is 1. The monoisotopic (exact) mass is 344 g/mol. The second-order valence-corrected chi connectivity index (χ2v) is 6.30. The lowest BCUT2D eigenvalue weighted by Gasteiger charge is -2.30. The average molecular weight is 344 g/mol. The second kappa shape index (κ2) is 6.64. The SMILES string of the molecule is COC(=O)[C@@H]1Cc2c(ncn2Cc2ccc([N+](=O)[O-])c(C)c2)CN1C. The molecule has 1 aromatic carbocycles. The van der Waals surface area contributed by atoms with Crippen molar-refractivity contribution in [1.29, 1.82) is 0 Å². The number of esters is 1. The standard InChI is InChI=1S/C17H20N4O4/c1-11-6-12(4-5-14(11)21(23)24)8-20-10-18-13-9-19(2)16(7-15(13)20)17(22)25-3/h4-6,10,16H,7-9H2,1-3H3/t16-/m0/s1. The highest BCUT2D eigenvalue weighted by Gasteiger charge is 2.32. The Balaban J connectivity index is 1.85. The molecule has 3 rings (SSSR count). The fraction of sp³-hybridized carbons (Fsp3) is 0.412. The van der Waals surface area contributed by atoms with Crippen LogP contribution in [0, 0.1) is 17.0 Å². The fourth-order valence-corrected chi connectivity index (χ4v) is 3.25. The minimum Gasteiger partial charge on any atom is -0.468 e. The van der Waals surface area contributed by atoms with Gasteiger partial charge in [-0.2, -0.15) is 0 Å². The van der Waals surface area contributed by atoms with E-state index in [9.17, 15) is 14.9 Å². The van der Waals surface area contributed by atoms with E-state index in [0.717, 1.165) is 17.0 Å². The average Bonchev–Trinajstić information content (AvgIpc) is 2.94. The predicted molar refractivity (Wildman–Crippen MR) is 90.1 cm³/mol. The van der Waals surface area contributed by atoms with E-state index in [1.165, 1.54) is 13.2 Å². The molecule has 132 valence electrons. The first-order valence-corrected chi connectivity index (χ1v) is 7.95. The number of hydrogen-bond acceptors (Lipinski definition) is 6. The van der Waals surface area contributed by atoms with E-state index in [1.54, 1.807) is 19.3 Å². The van der Waals surface area contributed by atoms with Crippen LogP contribution in [-0.2, 0) is 29.0 Å². The Morgan fingerprint density at radius 3 is 2.88 bits per heavy atom. The maximum atomic E-state index is 12.0. The molecule has 0 radical (unpaired) electrons. The Hall–Kier alpha value is -2.74. The van der Waals surface area contributed by atoms with Crippen molar-refractivity contribution in [2.24, 2.45) is 0 Å². The molecule has 2 heterocycles. The van der Waals surface area contributed by atoms with Crippen molar-refractivity contribution in [3.63, 3.8) is 0 Å². The van der Waals surface area contributed by atoms with E-state index in [1.807, 2.05) is 22.6 Å². The Kier molecular flexibility index (Phi) is 4.54. The molecule has 0 fully saturated rings. The summed E-state index contributed by atoms with van der Waals surface area (Å²) < 4.78 is 6.89. The van der Waals surface area contributed by atoms with Crippen LogP contribution < -0.4 is 0 Å². The molecule has 8 nitrogen and oxygen atoms in total. The smallest absolute Gasteiger partial charge is 0.323 e. The topological polar surface area (TPSA) is 90.5 Å². The number of likely N-dealkylation sites (N-methyl/N-ethyl adjacent to an activating group) is 1. The molecule has 0 N–H and O–H groups in total. The quantitative estimate of drug-likeness (QED) is 0.476. The number of aromatic nitrogens is 2. The number of carbonyl (C=O) groups excluding carboxylic acids is 1. The van der Waals surface area contributed by atoms with Gasteiger partial charge in [0.25, 0.3) is 5.69 Å². The third kappa shape index (κ3) is 3.25. The first-order chi connectivity index (χ1) is 11.9. The van der Waals surface area contributed by atoms with Gasteiger partial charge in [-0.1, -0.05) is 6.07 Å². The van der Waals surface area contributed by atoms with Gasteiger partial charge < -0.3 is 9.30 Å². The van der Waals surface area contributed by atoms with Crippen LogP contribution in [-0.4, -0.2) is 45.5 Å². The molecule has 0 aliphatic carbocycles. The van der Waals surface area contributed by atoms with Gasteiger partial charge in [-0.15, -0.1) is 0 Å². The molecule has 1 aromatic heterocycles. The molecule has 2 aromatic rings. The van der Waals surface area contributed by atoms with Gasteiger partial charge in [-0.3, -0.25) is 19.8 Å². The van der Waals surface area contributed by atoms with E-state index in [0.29, 0.717) is 25.1 Å². The minimum absolute atomic E-state index is 0.115. The zero-order valence-electron chi connectivity index (χ0n) is 14.4. The molecule has 1 atom stereocenters.